The first kappa shape index (κ1) is 10.1. The molecule has 0 atom stereocenters. The van der Waals surface area contributed by atoms with Crippen molar-refractivity contribution in [2.45, 2.75) is 6.54 Å². The van der Waals surface area contributed by atoms with E-state index < -0.39 is 0 Å². The SMILES string of the molecule is CN(C)CCNCc1cncnc1. The monoisotopic (exact) mass is 180 g/mol. The van der Waals surface area contributed by atoms with Gasteiger partial charge in [-0.15, -0.1) is 0 Å². The first-order valence-corrected chi connectivity index (χ1v) is 4.38. The molecule has 0 aromatic carbocycles. The van der Waals surface area contributed by atoms with Crippen molar-refractivity contribution in [3.8, 4) is 0 Å². The van der Waals surface area contributed by atoms with Crippen LogP contribution in [-0.4, -0.2) is 42.1 Å². The second-order valence-corrected chi connectivity index (χ2v) is 3.23. The Bertz CT molecular complexity index is 222. The highest BCUT2D eigenvalue weighted by atomic mass is 15.1. The maximum absolute atomic E-state index is 3.94. The molecule has 13 heavy (non-hydrogen) atoms. The summed E-state index contributed by atoms with van der Waals surface area (Å²) in [4.78, 5) is 10.0. The Morgan fingerprint density at radius 3 is 2.62 bits per heavy atom. The van der Waals surface area contributed by atoms with E-state index in [4.69, 9.17) is 0 Å². The third-order valence-corrected chi connectivity index (χ3v) is 1.68. The molecular formula is C9H16N4. The second-order valence-electron chi connectivity index (χ2n) is 3.23. The van der Waals surface area contributed by atoms with Crippen LogP contribution < -0.4 is 5.32 Å². The normalized spacial score (nSPS) is 10.7. The van der Waals surface area contributed by atoms with Crippen molar-refractivity contribution >= 4 is 0 Å². The molecule has 0 saturated heterocycles. The zero-order valence-corrected chi connectivity index (χ0v) is 8.20. The highest BCUT2D eigenvalue weighted by molar-refractivity contribution is 5.01. The largest absolute Gasteiger partial charge is 0.311 e. The summed E-state index contributed by atoms with van der Waals surface area (Å²) < 4.78 is 0. The number of nitrogens with one attached hydrogen (secondary N) is 1. The van der Waals surface area contributed by atoms with Gasteiger partial charge in [-0.05, 0) is 14.1 Å². The van der Waals surface area contributed by atoms with Crippen LogP contribution in [0.4, 0.5) is 0 Å². The van der Waals surface area contributed by atoms with Crippen molar-refractivity contribution in [3.05, 3.63) is 24.3 Å². The van der Waals surface area contributed by atoms with Gasteiger partial charge in [0, 0.05) is 37.6 Å². The van der Waals surface area contributed by atoms with Crippen molar-refractivity contribution in [2.75, 3.05) is 27.2 Å². The zero-order chi connectivity index (χ0) is 9.52. The van der Waals surface area contributed by atoms with E-state index in [0.29, 0.717) is 0 Å². The highest BCUT2D eigenvalue weighted by Crippen LogP contribution is 1.90. The molecule has 72 valence electrons. The molecule has 0 spiro atoms. The topological polar surface area (TPSA) is 41.0 Å². The summed E-state index contributed by atoms with van der Waals surface area (Å²) in [6.07, 6.45) is 5.20. The first-order valence-electron chi connectivity index (χ1n) is 4.38. The van der Waals surface area contributed by atoms with Gasteiger partial charge in [0.15, 0.2) is 0 Å². The minimum atomic E-state index is 0.842. The second kappa shape index (κ2) is 5.61. The van der Waals surface area contributed by atoms with Crippen LogP contribution in [0.3, 0.4) is 0 Å². The van der Waals surface area contributed by atoms with Gasteiger partial charge in [0.05, 0.1) is 0 Å². The molecule has 0 saturated carbocycles. The molecular weight excluding hydrogens is 164 g/mol. The third-order valence-electron chi connectivity index (χ3n) is 1.68. The number of hydrogen-bond donors (Lipinski definition) is 1. The smallest absolute Gasteiger partial charge is 0.115 e. The lowest BCUT2D eigenvalue weighted by Gasteiger charge is -2.09. The number of aromatic nitrogens is 2. The van der Waals surface area contributed by atoms with Crippen LogP contribution in [0.5, 0.6) is 0 Å². The van der Waals surface area contributed by atoms with Gasteiger partial charge in [-0.1, -0.05) is 0 Å². The van der Waals surface area contributed by atoms with Crippen LogP contribution >= 0.6 is 0 Å². The van der Waals surface area contributed by atoms with Crippen LogP contribution in [0, 0.1) is 0 Å². The molecule has 1 N–H and O–H groups in total. The summed E-state index contributed by atoms with van der Waals surface area (Å²) in [5.74, 6) is 0. The lowest BCUT2D eigenvalue weighted by atomic mass is 10.3. The lowest BCUT2D eigenvalue weighted by molar-refractivity contribution is 0.400. The lowest BCUT2D eigenvalue weighted by Crippen LogP contribution is -2.26. The van der Waals surface area contributed by atoms with E-state index in [2.05, 4.69) is 34.3 Å². The molecule has 1 rings (SSSR count). The summed E-state index contributed by atoms with van der Waals surface area (Å²) in [5.41, 5.74) is 1.13. The van der Waals surface area contributed by atoms with Crippen molar-refractivity contribution in [3.63, 3.8) is 0 Å². The predicted octanol–water partition coefficient (Wildman–Crippen LogP) is 0.128. The minimum Gasteiger partial charge on any atom is -0.311 e. The average molecular weight is 180 g/mol. The highest BCUT2D eigenvalue weighted by Gasteiger charge is 1.92. The molecule has 1 heterocycles. The van der Waals surface area contributed by atoms with E-state index in [1.807, 2.05) is 12.4 Å². The summed E-state index contributed by atoms with van der Waals surface area (Å²) in [6.45, 7) is 2.88. The molecule has 0 aliphatic rings. The van der Waals surface area contributed by atoms with E-state index in [1.165, 1.54) is 0 Å². The summed E-state index contributed by atoms with van der Waals surface area (Å²) in [6, 6.07) is 0. The molecule has 0 radical (unpaired) electrons. The third kappa shape index (κ3) is 4.55. The van der Waals surface area contributed by atoms with E-state index >= 15 is 0 Å². The Hall–Kier alpha value is -1.00. The fourth-order valence-electron chi connectivity index (χ4n) is 0.957. The average Bonchev–Trinajstić information content (AvgIpc) is 2.14. The Morgan fingerprint density at radius 2 is 2.00 bits per heavy atom. The minimum absolute atomic E-state index is 0.842. The first-order chi connectivity index (χ1) is 6.29. The molecule has 0 bridgehead atoms. The van der Waals surface area contributed by atoms with Crippen LogP contribution in [0.1, 0.15) is 5.56 Å². The summed E-state index contributed by atoms with van der Waals surface area (Å²) in [5, 5.41) is 3.31. The van der Waals surface area contributed by atoms with Crippen molar-refractivity contribution in [1.29, 1.82) is 0 Å². The van der Waals surface area contributed by atoms with E-state index in [9.17, 15) is 0 Å². The molecule has 4 heteroatoms. The molecule has 1 aromatic rings. The van der Waals surface area contributed by atoms with Gasteiger partial charge in [-0.25, -0.2) is 9.97 Å². The van der Waals surface area contributed by atoms with Crippen LogP contribution in [-0.2, 0) is 6.54 Å². The predicted molar refractivity (Wildman–Crippen MR) is 52.3 cm³/mol. The van der Waals surface area contributed by atoms with Gasteiger partial charge >= 0.3 is 0 Å². The van der Waals surface area contributed by atoms with Crippen LogP contribution in [0.15, 0.2) is 18.7 Å². The zero-order valence-electron chi connectivity index (χ0n) is 8.20. The van der Waals surface area contributed by atoms with Crippen molar-refractivity contribution in [2.24, 2.45) is 0 Å². The quantitative estimate of drug-likeness (QED) is 0.654. The van der Waals surface area contributed by atoms with Crippen molar-refractivity contribution in [1.82, 2.24) is 20.2 Å². The molecule has 0 aliphatic carbocycles. The van der Waals surface area contributed by atoms with Gasteiger partial charge in [0.2, 0.25) is 0 Å². The Morgan fingerprint density at radius 1 is 1.31 bits per heavy atom. The van der Waals surface area contributed by atoms with Gasteiger partial charge in [0.1, 0.15) is 6.33 Å². The molecule has 0 aliphatic heterocycles. The number of likely N-dealkylation sites (N-methyl/N-ethyl adjacent to an activating group) is 1. The van der Waals surface area contributed by atoms with Gasteiger partial charge in [-0.2, -0.15) is 0 Å². The van der Waals surface area contributed by atoms with E-state index in [1.54, 1.807) is 6.33 Å². The molecule has 4 nitrogen and oxygen atoms in total. The molecule has 1 aromatic heterocycles. The summed E-state index contributed by atoms with van der Waals surface area (Å²) in [7, 11) is 4.13. The fourth-order valence-corrected chi connectivity index (χ4v) is 0.957. The van der Waals surface area contributed by atoms with Crippen LogP contribution in [0.2, 0.25) is 0 Å². The maximum Gasteiger partial charge on any atom is 0.115 e. The van der Waals surface area contributed by atoms with E-state index in [0.717, 1.165) is 25.2 Å². The number of rotatable bonds is 5. The van der Waals surface area contributed by atoms with Crippen LogP contribution in [0.25, 0.3) is 0 Å². The molecule has 0 fully saturated rings. The standard InChI is InChI=1S/C9H16N4/c1-13(2)4-3-10-5-9-6-11-8-12-7-9/h6-8,10H,3-5H2,1-2H3. The van der Waals surface area contributed by atoms with Gasteiger partial charge in [0.25, 0.3) is 0 Å². The Kier molecular flexibility index (Phi) is 4.35. The summed E-state index contributed by atoms with van der Waals surface area (Å²) >= 11 is 0. The molecule has 0 unspecified atom stereocenters. The fraction of sp³-hybridized carbons (Fsp3) is 0.556. The maximum atomic E-state index is 3.94. The number of nitrogens with zero attached hydrogens (tertiary/aromatic N) is 3. The van der Waals surface area contributed by atoms with Crippen molar-refractivity contribution < 1.29 is 0 Å². The Labute approximate surface area is 79.0 Å². The van der Waals surface area contributed by atoms with Gasteiger partial charge < -0.3 is 10.2 Å². The number of hydrogen-bond acceptors (Lipinski definition) is 4. The van der Waals surface area contributed by atoms with Gasteiger partial charge in [-0.3, -0.25) is 0 Å². The Balaban J connectivity index is 2.13. The van der Waals surface area contributed by atoms with E-state index in [-0.39, 0.29) is 0 Å². The molecule has 0 amide bonds.